The van der Waals surface area contributed by atoms with Gasteiger partial charge in [-0.3, -0.25) is 10.1 Å². The topological polar surface area (TPSA) is 80.9 Å². The van der Waals surface area contributed by atoms with Crippen LogP contribution in [0.5, 0.6) is 0 Å². The third-order valence-corrected chi connectivity index (χ3v) is 1.98. The summed E-state index contributed by atoms with van der Waals surface area (Å²) in [5.41, 5.74) is 0. The van der Waals surface area contributed by atoms with Crippen molar-refractivity contribution in [2.24, 2.45) is 0 Å². The monoisotopic (exact) mass is 222 g/mol. The quantitative estimate of drug-likeness (QED) is 0.788. The van der Waals surface area contributed by atoms with Gasteiger partial charge < -0.3 is 4.42 Å². The van der Waals surface area contributed by atoms with Crippen molar-refractivity contribution in [3.63, 3.8) is 0 Å². The first-order chi connectivity index (χ1) is 7.34. The molecule has 0 aliphatic carbocycles. The lowest BCUT2D eigenvalue weighted by Crippen LogP contribution is -2.07. The number of carbonyl (C=O) groups is 1. The third-order valence-electron chi connectivity index (χ3n) is 1.47. The van der Waals surface area contributed by atoms with E-state index in [0.717, 1.165) is 11.5 Å². The second-order valence-electron chi connectivity index (χ2n) is 2.51. The van der Waals surface area contributed by atoms with Crippen LogP contribution >= 0.6 is 11.5 Å². The largest absolute Gasteiger partial charge is 0.465 e. The number of amides is 1. The maximum Gasteiger partial charge on any atom is 0.250 e. The van der Waals surface area contributed by atoms with Gasteiger partial charge in [-0.2, -0.15) is 0 Å². The van der Waals surface area contributed by atoms with Crippen LogP contribution in [0.3, 0.4) is 0 Å². The predicted octanol–water partition coefficient (Wildman–Crippen LogP) is 1.18. The first kappa shape index (κ1) is 9.53. The minimum Gasteiger partial charge on any atom is -0.465 e. The average molecular weight is 222 g/mol. The first-order valence-electron chi connectivity index (χ1n) is 4.02. The highest BCUT2D eigenvalue weighted by molar-refractivity contribution is 7.09. The van der Waals surface area contributed by atoms with Crippen LogP contribution in [-0.4, -0.2) is 20.7 Å². The number of nitrogens with zero attached hydrogens (tertiary/aromatic N) is 3. The Kier molecular flexibility index (Phi) is 2.84. The highest BCUT2D eigenvalue weighted by Gasteiger charge is 2.01. The molecule has 0 aliphatic heterocycles. The van der Waals surface area contributed by atoms with Gasteiger partial charge in [-0.05, 0) is 23.4 Å². The molecule has 2 aromatic rings. The van der Waals surface area contributed by atoms with Gasteiger partial charge in [0, 0.05) is 17.6 Å². The van der Waals surface area contributed by atoms with Gasteiger partial charge >= 0.3 is 0 Å². The van der Waals surface area contributed by atoms with E-state index < -0.39 is 0 Å². The predicted molar refractivity (Wildman–Crippen MR) is 54.1 cm³/mol. The summed E-state index contributed by atoms with van der Waals surface area (Å²) in [6.45, 7) is 0. The SMILES string of the molecule is O=C(/C=C/c1ccco1)Nc1nnns1. The Morgan fingerprint density at radius 2 is 2.53 bits per heavy atom. The molecule has 0 spiro atoms. The van der Waals surface area contributed by atoms with E-state index in [0.29, 0.717) is 10.9 Å². The molecule has 1 amide bonds. The van der Waals surface area contributed by atoms with Crippen molar-refractivity contribution < 1.29 is 9.21 Å². The molecular weight excluding hydrogens is 216 g/mol. The van der Waals surface area contributed by atoms with Crippen LogP contribution in [0, 0.1) is 0 Å². The summed E-state index contributed by atoms with van der Waals surface area (Å²) in [5.74, 6) is 0.311. The number of hydrogen-bond acceptors (Lipinski definition) is 6. The molecule has 76 valence electrons. The van der Waals surface area contributed by atoms with Gasteiger partial charge in [-0.25, -0.2) is 0 Å². The number of rotatable bonds is 3. The van der Waals surface area contributed by atoms with Crippen LogP contribution in [0.2, 0.25) is 0 Å². The maximum absolute atomic E-state index is 11.3. The van der Waals surface area contributed by atoms with Gasteiger partial charge in [0.25, 0.3) is 0 Å². The fraction of sp³-hybridized carbons (Fsp3) is 0. The van der Waals surface area contributed by atoms with Crippen LogP contribution in [0.25, 0.3) is 6.08 Å². The Morgan fingerprint density at radius 1 is 1.60 bits per heavy atom. The van der Waals surface area contributed by atoms with E-state index in [4.69, 9.17) is 4.42 Å². The van der Waals surface area contributed by atoms with Gasteiger partial charge in [0.15, 0.2) is 0 Å². The van der Waals surface area contributed by atoms with E-state index in [-0.39, 0.29) is 5.91 Å². The van der Waals surface area contributed by atoms with Crippen molar-refractivity contribution >= 4 is 28.6 Å². The number of carbonyl (C=O) groups excluding carboxylic acids is 1. The molecule has 15 heavy (non-hydrogen) atoms. The van der Waals surface area contributed by atoms with Gasteiger partial charge in [-0.15, -0.1) is 0 Å². The van der Waals surface area contributed by atoms with Crippen molar-refractivity contribution in [1.82, 2.24) is 14.8 Å². The molecule has 0 aliphatic rings. The fourth-order valence-electron chi connectivity index (χ4n) is 0.873. The van der Waals surface area contributed by atoms with Gasteiger partial charge in [0.2, 0.25) is 11.0 Å². The van der Waals surface area contributed by atoms with Crippen molar-refractivity contribution in [3.05, 3.63) is 30.2 Å². The first-order valence-corrected chi connectivity index (χ1v) is 4.79. The zero-order valence-electron chi connectivity index (χ0n) is 7.45. The summed E-state index contributed by atoms with van der Waals surface area (Å²) in [5, 5.41) is 9.78. The number of hydrogen-bond donors (Lipinski definition) is 1. The molecule has 2 aromatic heterocycles. The Morgan fingerprint density at radius 3 is 3.20 bits per heavy atom. The van der Waals surface area contributed by atoms with Gasteiger partial charge in [-0.1, -0.05) is 9.59 Å². The minimum absolute atomic E-state index is 0.301. The summed E-state index contributed by atoms with van der Waals surface area (Å²) >= 11 is 1.01. The second-order valence-corrected chi connectivity index (χ2v) is 3.24. The zero-order valence-corrected chi connectivity index (χ0v) is 8.27. The van der Waals surface area contributed by atoms with E-state index >= 15 is 0 Å². The lowest BCUT2D eigenvalue weighted by atomic mass is 10.4. The lowest BCUT2D eigenvalue weighted by Gasteiger charge is -1.91. The van der Waals surface area contributed by atoms with Crippen molar-refractivity contribution in [1.29, 1.82) is 0 Å². The number of furan rings is 1. The summed E-state index contributed by atoms with van der Waals surface area (Å²) in [6, 6.07) is 3.49. The summed E-state index contributed by atoms with van der Waals surface area (Å²) in [4.78, 5) is 11.3. The Bertz CT molecular complexity index is 449. The highest BCUT2D eigenvalue weighted by atomic mass is 32.1. The standard InChI is InChI=1S/C8H6N4O2S/c13-7(9-8-10-11-12-15-8)4-3-6-2-1-5-14-6/h1-5H,(H,9,10,12,13)/b4-3+. The molecule has 7 heteroatoms. The second kappa shape index (κ2) is 4.47. The van der Waals surface area contributed by atoms with Crippen LogP contribution in [-0.2, 0) is 4.79 Å². The van der Waals surface area contributed by atoms with E-state index in [9.17, 15) is 4.79 Å². The Labute approximate surface area is 88.8 Å². The van der Waals surface area contributed by atoms with Crippen LogP contribution < -0.4 is 5.32 Å². The zero-order chi connectivity index (χ0) is 10.5. The van der Waals surface area contributed by atoms with Crippen molar-refractivity contribution in [2.45, 2.75) is 0 Å². The third kappa shape index (κ3) is 2.71. The van der Waals surface area contributed by atoms with Crippen molar-refractivity contribution in [2.75, 3.05) is 5.32 Å². The number of anilines is 1. The maximum atomic E-state index is 11.3. The molecule has 0 fully saturated rings. The fourth-order valence-corrected chi connectivity index (χ4v) is 1.24. The molecule has 0 aromatic carbocycles. The summed E-state index contributed by atoms with van der Waals surface area (Å²) < 4.78 is 8.52. The van der Waals surface area contributed by atoms with E-state index in [1.165, 1.54) is 12.3 Å². The molecule has 1 N–H and O–H groups in total. The molecule has 0 unspecified atom stereocenters. The van der Waals surface area contributed by atoms with E-state index in [1.807, 2.05) is 0 Å². The Balaban J connectivity index is 1.93. The molecule has 2 heterocycles. The molecule has 2 rings (SSSR count). The normalized spacial score (nSPS) is 10.7. The van der Waals surface area contributed by atoms with Gasteiger partial charge in [0.1, 0.15) is 5.76 Å². The molecule has 0 bridgehead atoms. The molecular formula is C8H6N4O2S. The molecule has 0 atom stereocenters. The Hall–Kier alpha value is -2.02. The van der Waals surface area contributed by atoms with Crippen molar-refractivity contribution in [3.8, 4) is 0 Å². The number of aromatic nitrogens is 3. The van der Waals surface area contributed by atoms with Crippen LogP contribution in [0.1, 0.15) is 5.76 Å². The lowest BCUT2D eigenvalue weighted by molar-refractivity contribution is -0.111. The molecule has 6 nitrogen and oxygen atoms in total. The highest BCUT2D eigenvalue weighted by Crippen LogP contribution is 2.06. The molecule has 0 radical (unpaired) electrons. The van der Waals surface area contributed by atoms with Gasteiger partial charge in [0.05, 0.1) is 6.26 Å². The molecule has 0 saturated carbocycles. The van der Waals surface area contributed by atoms with Crippen LogP contribution in [0.4, 0.5) is 5.13 Å². The number of nitrogens with one attached hydrogen (secondary N) is 1. The summed E-state index contributed by atoms with van der Waals surface area (Å²) in [6.07, 6.45) is 4.44. The summed E-state index contributed by atoms with van der Waals surface area (Å²) in [7, 11) is 0. The van der Waals surface area contributed by atoms with E-state index in [1.54, 1.807) is 18.2 Å². The minimum atomic E-state index is -0.301. The van der Waals surface area contributed by atoms with Crippen LogP contribution in [0.15, 0.2) is 28.9 Å². The van der Waals surface area contributed by atoms with E-state index in [2.05, 4.69) is 20.1 Å². The molecule has 0 saturated heterocycles. The smallest absolute Gasteiger partial charge is 0.250 e. The average Bonchev–Trinajstić information content (AvgIpc) is 2.86.